The number of benzene rings is 2. The van der Waals surface area contributed by atoms with E-state index in [2.05, 4.69) is 6.92 Å². The molecule has 0 aliphatic rings. The van der Waals surface area contributed by atoms with Crippen LogP contribution in [0.3, 0.4) is 0 Å². The summed E-state index contributed by atoms with van der Waals surface area (Å²) in [6.07, 6.45) is 4.39. The molecule has 34 heavy (non-hydrogen) atoms. The molecule has 0 fully saturated rings. The van der Waals surface area contributed by atoms with E-state index in [9.17, 15) is 9.59 Å². The fourth-order valence-electron chi connectivity index (χ4n) is 3.45. The molecule has 0 saturated carbocycles. The van der Waals surface area contributed by atoms with Crippen molar-refractivity contribution >= 4 is 17.4 Å². The molecule has 2 aromatic rings. The van der Waals surface area contributed by atoms with Gasteiger partial charge < -0.3 is 9.64 Å². The molecule has 2 aromatic carbocycles. The van der Waals surface area contributed by atoms with Gasteiger partial charge in [-0.1, -0.05) is 56.2 Å². The molecule has 184 valence electrons. The summed E-state index contributed by atoms with van der Waals surface area (Å²) in [7, 11) is 0. The zero-order valence-corrected chi connectivity index (χ0v) is 21.0. The Hall–Kier alpha value is -3.28. The minimum absolute atomic E-state index is 0.0506. The molecule has 6 nitrogen and oxygen atoms in total. The van der Waals surface area contributed by atoms with Gasteiger partial charge >= 0.3 is 5.97 Å². The highest BCUT2D eigenvalue weighted by atomic mass is 17.2. The number of carbonyl (C=O) groups excluding carboxylic acids is 2. The summed E-state index contributed by atoms with van der Waals surface area (Å²) in [6.45, 7) is 11.1. The minimum atomic E-state index is -0.426. The molecule has 0 N–H and O–H groups in total. The van der Waals surface area contributed by atoms with Crippen LogP contribution in [0.25, 0.3) is 5.57 Å². The van der Waals surface area contributed by atoms with Gasteiger partial charge in [0.15, 0.2) is 5.75 Å². The summed E-state index contributed by atoms with van der Waals surface area (Å²) in [5.74, 6) is 0.256. The number of hydrogen-bond acceptors (Lipinski definition) is 5. The standard InChI is InChI=1S/C28H37NO5/c1-6-9-11-16-28(31)34-33-26-20-24(21(4)19-27(30)29(7-2)8-3)17-18-25(26)32-22(5)23-14-12-10-13-15-23/h10,12-15,17-20,22H,6-9,11,16H2,1-5H3. The molecule has 0 saturated heterocycles. The maximum atomic E-state index is 12.5. The van der Waals surface area contributed by atoms with Crippen molar-refractivity contribution in [3.8, 4) is 11.5 Å². The quantitative estimate of drug-likeness (QED) is 0.145. The lowest BCUT2D eigenvalue weighted by Gasteiger charge is -2.19. The van der Waals surface area contributed by atoms with Gasteiger partial charge in [0.1, 0.15) is 6.10 Å². The zero-order valence-electron chi connectivity index (χ0n) is 21.0. The van der Waals surface area contributed by atoms with Crippen molar-refractivity contribution in [3.05, 3.63) is 65.7 Å². The van der Waals surface area contributed by atoms with Crippen LogP contribution in [0.15, 0.2) is 54.6 Å². The largest absolute Gasteiger partial charge is 0.482 e. The fourth-order valence-corrected chi connectivity index (χ4v) is 3.45. The van der Waals surface area contributed by atoms with E-state index < -0.39 is 5.97 Å². The van der Waals surface area contributed by atoms with Gasteiger partial charge in [-0.25, -0.2) is 4.79 Å². The number of ether oxygens (including phenoxy) is 1. The van der Waals surface area contributed by atoms with E-state index in [1.165, 1.54) is 0 Å². The van der Waals surface area contributed by atoms with Crippen LogP contribution in [0, 0.1) is 0 Å². The monoisotopic (exact) mass is 467 g/mol. The van der Waals surface area contributed by atoms with Gasteiger partial charge in [-0.15, -0.1) is 0 Å². The second-order valence-electron chi connectivity index (χ2n) is 8.17. The number of likely N-dealkylation sites (N-methyl/N-ethyl adjacent to an activating group) is 1. The van der Waals surface area contributed by atoms with Crippen LogP contribution in [-0.2, 0) is 14.5 Å². The van der Waals surface area contributed by atoms with Crippen molar-refractivity contribution in [1.82, 2.24) is 4.90 Å². The highest BCUT2D eigenvalue weighted by Crippen LogP contribution is 2.34. The van der Waals surface area contributed by atoms with Crippen molar-refractivity contribution in [1.29, 1.82) is 0 Å². The first-order valence-corrected chi connectivity index (χ1v) is 12.1. The van der Waals surface area contributed by atoms with Gasteiger partial charge in [0.05, 0.1) is 6.42 Å². The number of unbranched alkanes of at least 4 members (excludes halogenated alkanes) is 2. The van der Waals surface area contributed by atoms with E-state index in [0.29, 0.717) is 25.3 Å². The average molecular weight is 468 g/mol. The Morgan fingerprint density at radius 2 is 1.68 bits per heavy atom. The van der Waals surface area contributed by atoms with E-state index in [-0.39, 0.29) is 17.8 Å². The Morgan fingerprint density at radius 1 is 0.971 bits per heavy atom. The number of nitrogens with zero attached hydrogens (tertiary/aromatic N) is 1. The number of allylic oxidation sites excluding steroid dienone is 1. The molecule has 0 aliphatic carbocycles. The van der Waals surface area contributed by atoms with Gasteiger partial charge in [0.25, 0.3) is 0 Å². The van der Waals surface area contributed by atoms with E-state index in [1.807, 2.05) is 64.1 Å². The van der Waals surface area contributed by atoms with E-state index in [0.717, 1.165) is 36.0 Å². The van der Waals surface area contributed by atoms with E-state index >= 15 is 0 Å². The van der Waals surface area contributed by atoms with Gasteiger partial charge in [-0.3, -0.25) is 14.6 Å². The molecule has 2 rings (SSSR count). The third kappa shape index (κ3) is 8.25. The van der Waals surface area contributed by atoms with E-state index in [4.69, 9.17) is 14.5 Å². The zero-order chi connectivity index (χ0) is 24.9. The van der Waals surface area contributed by atoms with Gasteiger partial charge in [0, 0.05) is 19.2 Å². The molecule has 6 heteroatoms. The second-order valence-corrected chi connectivity index (χ2v) is 8.17. The van der Waals surface area contributed by atoms with Crippen LogP contribution in [0.4, 0.5) is 0 Å². The van der Waals surface area contributed by atoms with Gasteiger partial charge in [-0.2, -0.15) is 0 Å². The Morgan fingerprint density at radius 3 is 2.32 bits per heavy atom. The molecule has 0 heterocycles. The van der Waals surface area contributed by atoms with Crippen molar-refractivity contribution in [2.45, 2.75) is 66.4 Å². The molecule has 0 aromatic heterocycles. The Labute approximate surface area is 203 Å². The first kappa shape index (κ1) is 27.0. The maximum Gasteiger partial charge on any atom is 0.355 e. The smallest absolute Gasteiger partial charge is 0.355 e. The van der Waals surface area contributed by atoms with E-state index in [1.54, 1.807) is 23.1 Å². The lowest BCUT2D eigenvalue weighted by Crippen LogP contribution is -2.28. The predicted octanol–water partition coefficient (Wildman–Crippen LogP) is 6.52. The summed E-state index contributed by atoms with van der Waals surface area (Å²) < 4.78 is 6.14. The summed E-state index contributed by atoms with van der Waals surface area (Å²) in [5.41, 5.74) is 2.56. The molecular formula is C28H37NO5. The van der Waals surface area contributed by atoms with Crippen molar-refractivity contribution in [2.75, 3.05) is 13.1 Å². The van der Waals surface area contributed by atoms with Crippen LogP contribution < -0.4 is 9.62 Å². The molecule has 1 unspecified atom stereocenters. The Balaban J connectivity index is 2.26. The normalized spacial score (nSPS) is 12.1. The highest BCUT2D eigenvalue weighted by molar-refractivity contribution is 5.95. The summed E-state index contributed by atoms with van der Waals surface area (Å²) in [5, 5.41) is 0. The number of rotatable bonds is 13. The first-order valence-electron chi connectivity index (χ1n) is 12.1. The highest BCUT2D eigenvalue weighted by Gasteiger charge is 2.16. The summed E-state index contributed by atoms with van der Waals surface area (Å²) in [4.78, 5) is 36.9. The van der Waals surface area contributed by atoms with Crippen LogP contribution in [0.1, 0.15) is 77.5 Å². The van der Waals surface area contributed by atoms with Crippen LogP contribution >= 0.6 is 0 Å². The average Bonchev–Trinajstić information content (AvgIpc) is 2.84. The fraction of sp³-hybridized carbons (Fsp3) is 0.429. The summed E-state index contributed by atoms with van der Waals surface area (Å²) >= 11 is 0. The van der Waals surface area contributed by atoms with Crippen LogP contribution in [0.5, 0.6) is 11.5 Å². The minimum Gasteiger partial charge on any atom is -0.482 e. The van der Waals surface area contributed by atoms with Gasteiger partial charge in [-0.05, 0) is 62.9 Å². The lowest BCUT2D eigenvalue weighted by atomic mass is 10.1. The van der Waals surface area contributed by atoms with Gasteiger partial charge in [0.2, 0.25) is 11.7 Å². The van der Waals surface area contributed by atoms with Crippen LogP contribution in [-0.4, -0.2) is 29.9 Å². The lowest BCUT2D eigenvalue weighted by molar-refractivity contribution is -0.214. The summed E-state index contributed by atoms with van der Waals surface area (Å²) in [6, 6.07) is 15.2. The predicted molar refractivity (Wildman–Crippen MR) is 134 cm³/mol. The molecule has 0 bridgehead atoms. The number of carbonyl (C=O) groups is 2. The maximum absolute atomic E-state index is 12.5. The third-order valence-corrected chi connectivity index (χ3v) is 5.60. The molecule has 1 amide bonds. The molecule has 0 radical (unpaired) electrons. The molecule has 0 spiro atoms. The van der Waals surface area contributed by atoms with Crippen molar-refractivity contribution in [3.63, 3.8) is 0 Å². The van der Waals surface area contributed by atoms with Crippen molar-refractivity contribution < 1.29 is 24.1 Å². The molecular weight excluding hydrogens is 430 g/mol. The van der Waals surface area contributed by atoms with Crippen molar-refractivity contribution in [2.24, 2.45) is 0 Å². The number of hydrogen-bond donors (Lipinski definition) is 0. The Bertz CT molecular complexity index is 951. The third-order valence-electron chi connectivity index (χ3n) is 5.60. The molecule has 1 atom stereocenters. The Kier molecular flexibility index (Phi) is 11.2. The molecule has 0 aliphatic heterocycles. The first-order chi connectivity index (χ1) is 16.4. The topological polar surface area (TPSA) is 65.1 Å². The van der Waals surface area contributed by atoms with Crippen LogP contribution in [0.2, 0.25) is 0 Å². The SMILES string of the molecule is CCCCCC(=O)OOc1cc(C(C)=CC(=O)N(CC)CC)ccc1OC(C)c1ccccc1. The second kappa shape index (κ2) is 14.1. The number of amides is 1.